The third kappa shape index (κ3) is 7.49. The highest BCUT2D eigenvalue weighted by Gasteiger charge is 2.21. The van der Waals surface area contributed by atoms with Crippen molar-refractivity contribution >= 4 is 30.8 Å². The van der Waals surface area contributed by atoms with E-state index >= 15 is 0 Å². The fourth-order valence-electron chi connectivity index (χ4n) is 2.28. The van der Waals surface area contributed by atoms with Crippen LogP contribution in [-0.2, 0) is 42.4 Å². The maximum atomic E-state index is 11.1. The second-order valence-corrected chi connectivity index (χ2v) is 8.43. The average Bonchev–Trinajstić information content (AvgIpc) is 2.35. The zero-order valence-corrected chi connectivity index (χ0v) is 15.8. The molecule has 0 spiro atoms. The predicted molar refractivity (Wildman–Crippen MR) is 85.6 cm³/mol. The van der Waals surface area contributed by atoms with Gasteiger partial charge in [0.05, 0.1) is 0 Å². The van der Waals surface area contributed by atoms with Gasteiger partial charge >= 0.3 is 10.6 Å². The fraction of sp³-hybridized carbons (Fsp3) is 0.500. The van der Waals surface area contributed by atoms with Crippen LogP contribution < -0.4 is 0 Å². The molecule has 0 aliphatic carbocycles. The van der Waals surface area contributed by atoms with Crippen molar-refractivity contribution in [2.24, 2.45) is 0 Å². The van der Waals surface area contributed by atoms with Gasteiger partial charge in [0.25, 0.3) is 20.2 Å². The van der Waals surface area contributed by atoms with Crippen molar-refractivity contribution in [3.05, 3.63) is 33.4 Å². The van der Waals surface area contributed by atoms with E-state index in [-0.39, 0.29) is 0 Å². The van der Waals surface area contributed by atoms with Gasteiger partial charge < -0.3 is 0 Å². The molecule has 1 rings (SSSR count). The molecule has 12 heteroatoms. The van der Waals surface area contributed by atoms with Crippen molar-refractivity contribution in [2.75, 3.05) is 0 Å². The number of benzene rings is 1. The maximum Gasteiger partial charge on any atom is 0.425 e. The molecule has 0 atom stereocenters. The van der Waals surface area contributed by atoms with Gasteiger partial charge in [-0.3, -0.25) is 9.11 Å². The summed E-state index contributed by atoms with van der Waals surface area (Å²) in [6, 6.07) is 0. The van der Waals surface area contributed by atoms with Crippen molar-refractivity contribution in [1.29, 1.82) is 0 Å². The van der Waals surface area contributed by atoms with E-state index in [4.69, 9.17) is 21.7 Å². The van der Waals surface area contributed by atoms with Crippen LogP contribution in [0, 0.1) is 27.7 Å². The van der Waals surface area contributed by atoms with Crippen LogP contribution in [0.1, 0.15) is 33.4 Å². The van der Waals surface area contributed by atoms with E-state index in [2.05, 4.69) is 0 Å². The third-order valence-corrected chi connectivity index (χ3v) is 4.90. The lowest BCUT2D eigenvalue weighted by Crippen LogP contribution is -2.13. The SMILES string of the molecule is Cc1c(C)c(CS(=O)(=O)O)c(C)c(CS(=O)(=O)O)c1C.O=S(=O)=O. The minimum atomic E-state index is -4.22. The zero-order chi connectivity index (χ0) is 19.5. The third-order valence-electron chi connectivity index (χ3n) is 3.59. The lowest BCUT2D eigenvalue weighted by Gasteiger charge is -2.19. The molecule has 9 nitrogen and oxygen atoms in total. The summed E-state index contributed by atoms with van der Waals surface area (Å²) < 4.78 is 87.7. The van der Waals surface area contributed by atoms with Gasteiger partial charge in [-0.25, -0.2) is 0 Å². The molecule has 0 fully saturated rings. The molecule has 24 heavy (non-hydrogen) atoms. The minimum absolute atomic E-state index is 0.370. The highest BCUT2D eigenvalue weighted by Crippen LogP contribution is 2.29. The standard InChI is InChI=1S/C12H18O6S2.O3S/c1-7-8(2)11(5-19(13,14)15)10(4)12(9(7)3)6-20(16,17)18;1-4(2)3/h5-6H2,1-4H3,(H,13,14,15)(H,16,17,18);. The van der Waals surface area contributed by atoms with Crippen molar-refractivity contribution in [3.63, 3.8) is 0 Å². The van der Waals surface area contributed by atoms with Crippen molar-refractivity contribution in [3.8, 4) is 0 Å². The predicted octanol–water partition coefficient (Wildman–Crippen LogP) is 0.692. The van der Waals surface area contributed by atoms with E-state index in [1.807, 2.05) is 0 Å². The van der Waals surface area contributed by atoms with Crippen molar-refractivity contribution in [1.82, 2.24) is 0 Å². The Labute approximate surface area is 142 Å². The summed E-state index contributed by atoms with van der Waals surface area (Å²) in [5.74, 6) is -1.16. The molecule has 0 aromatic heterocycles. The number of rotatable bonds is 4. The van der Waals surface area contributed by atoms with Crippen LogP contribution in [-0.4, -0.2) is 38.6 Å². The monoisotopic (exact) mass is 402 g/mol. The molecule has 0 heterocycles. The van der Waals surface area contributed by atoms with Crippen molar-refractivity contribution in [2.45, 2.75) is 39.2 Å². The highest BCUT2D eigenvalue weighted by atomic mass is 32.2. The molecule has 0 saturated heterocycles. The minimum Gasteiger partial charge on any atom is -0.285 e. The van der Waals surface area contributed by atoms with Gasteiger partial charge in [-0.15, -0.1) is 12.6 Å². The summed E-state index contributed by atoms with van der Waals surface area (Å²) in [6.07, 6.45) is 0. The van der Waals surface area contributed by atoms with E-state index in [0.717, 1.165) is 5.56 Å². The molecule has 138 valence electrons. The van der Waals surface area contributed by atoms with Crippen LogP contribution in [0.15, 0.2) is 0 Å². The summed E-state index contributed by atoms with van der Waals surface area (Å²) in [5, 5.41) is 0. The average molecular weight is 402 g/mol. The summed E-state index contributed by atoms with van der Waals surface area (Å²) in [5.41, 5.74) is 3.32. The molecule has 0 aliphatic heterocycles. The maximum absolute atomic E-state index is 11.1. The van der Waals surface area contributed by atoms with Crippen LogP contribution in [0.3, 0.4) is 0 Å². The Morgan fingerprint density at radius 1 is 0.667 bits per heavy atom. The molecule has 0 aliphatic rings. The molecule has 0 saturated carbocycles. The lowest BCUT2D eigenvalue weighted by atomic mass is 9.90. The topological polar surface area (TPSA) is 160 Å². The summed E-state index contributed by atoms with van der Waals surface area (Å²) in [6.45, 7) is 6.76. The molecule has 1 aromatic carbocycles. The Bertz CT molecular complexity index is 873. The molecular weight excluding hydrogens is 384 g/mol. The first kappa shape index (κ1) is 22.7. The molecular formula is C12H18O9S3. The molecule has 0 amide bonds. The van der Waals surface area contributed by atoms with Crippen LogP contribution in [0.4, 0.5) is 0 Å². The summed E-state index contributed by atoms with van der Waals surface area (Å²) in [4.78, 5) is 0. The molecule has 0 bridgehead atoms. The molecule has 1 aromatic rings. The second kappa shape index (κ2) is 8.16. The van der Waals surface area contributed by atoms with Gasteiger partial charge in [0.1, 0.15) is 11.5 Å². The van der Waals surface area contributed by atoms with Gasteiger partial charge in [0.15, 0.2) is 0 Å². The van der Waals surface area contributed by atoms with E-state index in [0.29, 0.717) is 27.8 Å². The fourth-order valence-corrected chi connectivity index (χ4v) is 3.87. The highest BCUT2D eigenvalue weighted by molar-refractivity contribution is 7.85. The Kier molecular flexibility index (Phi) is 7.70. The Balaban J connectivity index is 0.00000118. The van der Waals surface area contributed by atoms with Gasteiger partial charge in [0.2, 0.25) is 0 Å². The smallest absolute Gasteiger partial charge is 0.285 e. The lowest BCUT2D eigenvalue weighted by molar-refractivity contribution is 0.480. The van der Waals surface area contributed by atoms with E-state index in [1.54, 1.807) is 27.7 Å². The first-order valence-electron chi connectivity index (χ1n) is 6.32. The van der Waals surface area contributed by atoms with Crippen molar-refractivity contribution < 1.29 is 38.6 Å². The van der Waals surface area contributed by atoms with E-state index in [9.17, 15) is 16.8 Å². The van der Waals surface area contributed by atoms with Gasteiger partial charge in [-0.05, 0) is 61.1 Å². The Hall–Kier alpha value is -1.34. The molecule has 0 unspecified atom stereocenters. The largest absolute Gasteiger partial charge is 0.425 e. The normalized spacial score (nSPS) is 11.6. The summed E-state index contributed by atoms with van der Waals surface area (Å²) in [7, 11) is -11.6. The number of hydrogen-bond donors (Lipinski definition) is 2. The van der Waals surface area contributed by atoms with E-state index in [1.165, 1.54) is 0 Å². The van der Waals surface area contributed by atoms with Crippen LogP contribution in [0.25, 0.3) is 0 Å². The Morgan fingerprint density at radius 3 is 1.12 bits per heavy atom. The second-order valence-electron chi connectivity index (χ2n) is 5.11. The van der Waals surface area contributed by atoms with Gasteiger partial charge in [-0.1, -0.05) is 0 Å². The van der Waals surface area contributed by atoms with Crippen LogP contribution >= 0.6 is 0 Å². The molecule has 2 N–H and O–H groups in total. The van der Waals surface area contributed by atoms with Crippen LogP contribution in [0.5, 0.6) is 0 Å². The van der Waals surface area contributed by atoms with Crippen LogP contribution in [0.2, 0.25) is 0 Å². The molecule has 0 radical (unpaired) electrons. The summed E-state index contributed by atoms with van der Waals surface area (Å²) >= 11 is 0. The van der Waals surface area contributed by atoms with Gasteiger partial charge in [0, 0.05) is 0 Å². The Morgan fingerprint density at radius 2 is 0.917 bits per heavy atom. The first-order chi connectivity index (χ1) is 10.6. The zero-order valence-electron chi connectivity index (χ0n) is 13.4. The van der Waals surface area contributed by atoms with E-state index < -0.39 is 42.4 Å². The quantitative estimate of drug-likeness (QED) is 0.690. The first-order valence-corrected chi connectivity index (χ1v) is 10.5. The number of hydrogen-bond acceptors (Lipinski definition) is 7. The van der Waals surface area contributed by atoms with Gasteiger partial charge in [-0.2, -0.15) is 16.8 Å².